The molecule has 1 atom stereocenters. The van der Waals surface area contributed by atoms with Crippen molar-refractivity contribution in [3.8, 4) is 11.5 Å². The van der Waals surface area contributed by atoms with Crippen LogP contribution in [0.3, 0.4) is 0 Å². The highest BCUT2D eigenvalue weighted by Crippen LogP contribution is 2.19. The first-order valence-electron chi connectivity index (χ1n) is 8.13. The second-order valence-corrected chi connectivity index (χ2v) is 5.55. The molecule has 0 bridgehead atoms. The molecule has 2 N–H and O–H groups in total. The minimum absolute atomic E-state index is 0.142. The number of aliphatic hydroxyl groups excluding tert-OH is 1. The maximum atomic E-state index is 13.7. The van der Waals surface area contributed by atoms with Crippen molar-refractivity contribution in [3.63, 3.8) is 0 Å². The first-order valence-corrected chi connectivity index (χ1v) is 8.13. The van der Waals surface area contributed by atoms with Gasteiger partial charge in [0.1, 0.15) is 17.3 Å². The number of aliphatic hydroxyl groups is 1. The van der Waals surface area contributed by atoms with Crippen LogP contribution in [0.4, 0.5) is 10.2 Å². The van der Waals surface area contributed by atoms with E-state index in [4.69, 9.17) is 0 Å². The lowest BCUT2D eigenvalue weighted by Gasteiger charge is -2.14. The molecule has 5 nitrogen and oxygen atoms in total. The van der Waals surface area contributed by atoms with Gasteiger partial charge in [-0.2, -0.15) is 0 Å². The number of nitrogens with zero attached hydrogens (tertiary/aromatic N) is 3. The van der Waals surface area contributed by atoms with E-state index < -0.39 is 11.9 Å². The Balaban J connectivity index is 1.79. The molecule has 1 unspecified atom stereocenters. The first kappa shape index (κ1) is 17.0. The van der Waals surface area contributed by atoms with Gasteiger partial charge in [-0.05, 0) is 24.6 Å². The van der Waals surface area contributed by atoms with E-state index >= 15 is 0 Å². The zero-order valence-corrected chi connectivity index (χ0v) is 13.9. The second kappa shape index (κ2) is 7.81. The molecule has 0 saturated carbocycles. The number of anilines is 1. The summed E-state index contributed by atoms with van der Waals surface area (Å²) in [5, 5.41) is 13.3. The predicted molar refractivity (Wildman–Crippen MR) is 94.5 cm³/mol. The zero-order chi connectivity index (χ0) is 17.6. The van der Waals surface area contributed by atoms with E-state index in [0.717, 1.165) is 12.1 Å². The Hall–Kier alpha value is -2.86. The molecule has 1 aromatic carbocycles. The smallest absolute Gasteiger partial charge is 0.180 e. The van der Waals surface area contributed by atoms with Gasteiger partial charge in [0.2, 0.25) is 0 Å². The van der Waals surface area contributed by atoms with Crippen LogP contribution in [0.15, 0.2) is 54.7 Å². The molecular weight excluding hydrogens is 319 g/mol. The number of nitrogens with one attached hydrogen (secondary N) is 1. The van der Waals surface area contributed by atoms with Gasteiger partial charge in [-0.1, -0.05) is 31.2 Å². The number of benzene rings is 1. The third-order valence-corrected chi connectivity index (χ3v) is 3.78. The highest BCUT2D eigenvalue weighted by atomic mass is 19.1. The van der Waals surface area contributed by atoms with Crippen LogP contribution in [0.25, 0.3) is 11.5 Å². The highest BCUT2D eigenvalue weighted by Gasteiger charge is 2.13. The molecule has 128 valence electrons. The fourth-order valence-electron chi connectivity index (χ4n) is 2.44. The van der Waals surface area contributed by atoms with Crippen molar-refractivity contribution in [2.45, 2.75) is 19.4 Å². The maximum Gasteiger partial charge on any atom is 0.180 e. The zero-order valence-electron chi connectivity index (χ0n) is 13.9. The number of rotatable bonds is 6. The normalized spacial score (nSPS) is 12.0. The fraction of sp³-hybridized carbons (Fsp3) is 0.211. The van der Waals surface area contributed by atoms with Crippen LogP contribution in [-0.2, 0) is 6.42 Å². The average Bonchev–Trinajstić information content (AvgIpc) is 2.67. The Morgan fingerprint density at radius 2 is 1.92 bits per heavy atom. The van der Waals surface area contributed by atoms with E-state index in [1.54, 1.807) is 24.4 Å². The molecule has 3 rings (SSSR count). The topological polar surface area (TPSA) is 70.9 Å². The molecule has 0 amide bonds. The maximum absolute atomic E-state index is 13.7. The summed E-state index contributed by atoms with van der Waals surface area (Å²) >= 11 is 0. The number of pyridine rings is 1. The molecule has 0 fully saturated rings. The number of hydrogen-bond acceptors (Lipinski definition) is 5. The highest BCUT2D eigenvalue weighted by molar-refractivity contribution is 5.53. The lowest BCUT2D eigenvalue weighted by Crippen LogP contribution is -2.15. The van der Waals surface area contributed by atoms with Crippen molar-refractivity contribution in [1.82, 2.24) is 15.0 Å². The monoisotopic (exact) mass is 338 g/mol. The molecule has 0 spiro atoms. The van der Waals surface area contributed by atoms with Crippen LogP contribution in [0.1, 0.15) is 24.3 Å². The SMILES string of the molecule is CCc1cc(NCC(O)c2ccccc2F)nc(-c2ccccn2)n1. The summed E-state index contributed by atoms with van der Waals surface area (Å²) in [6, 6.07) is 13.6. The van der Waals surface area contributed by atoms with E-state index in [9.17, 15) is 9.50 Å². The summed E-state index contributed by atoms with van der Waals surface area (Å²) in [4.78, 5) is 13.2. The third kappa shape index (κ3) is 4.16. The minimum atomic E-state index is -0.973. The molecule has 0 saturated heterocycles. The van der Waals surface area contributed by atoms with Gasteiger partial charge in [-0.3, -0.25) is 4.98 Å². The molecular formula is C19H19FN4O. The summed E-state index contributed by atoms with van der Waals surface area (Å²) in [7, 11) is 0. The van der Waals surface area contributed by atoms with Crippen LogP contribution in [0.5, 0.6) is 0 Å². The Bertz CT molecular complexity index is 842. The Morgan fingerprint density at radius 3 is 2.64 bits per heavy atom. The molecule has 0 aliphatic heterocycles. The molecule has 2 heterocycles. The number of hydrogen-bond donors (Lipinski definition) is 2. The van der Waals surface area contributed by atoms with Gasteiger partial charge in [-0.15, -0.1) is 0 Å². The standard InChI is InChI=1S/C19H19FN4O/c1-2-13-11-18(24-19(23-13)16-9-5-6-10-21-16)22-12-17(25)14-7-3-4-8-15(14)20/h3-11,17,25H,2,12H2,1H3,(H,22,23,24). The molecule has 6 heteroatoms. The molecule has 0 aliphatic carbocycles. The molecule has 0 radical (unpaired) electrons. The Morgan fingerprint density at radius 1 is 1.12 bits per heavy atom. The van der Waals surface area contributed by atoms with Crippen LogP contribution in [0, 0.1) is 5.82 Å². The van der Waals surface area contributed by atoms with Gasteiger partial charge in [0.05, 0.1) is 6.10 Å². The van der Waals surface area contributed by atoms with Crippen molar-refractivity contribution in [2.24, 2.45) is 0 Å². The minimum Gasteiger partial charge on any atom is -0.386 e. The Kier molecular flexibility index (Phi) is 5.30. The molecule has 0 aliphatic rings. The molecule has 25 heavy (non-hydrogen) atoms. The number of halogens is 1. The van der Waals surface area contributed by atoms with E-state index in [-0.39, 0.29) is 12.1 Å². The van der Waals surface area contributed by atoms with Crippen LogP contribution >= 0.6 is 0 Å². The van der Waals surface area contributed by atoms with Crippen LogP contribution in [0.2, 0.25) is 0 Å². The van der Waals surface area contributed by atoms with Gasteiger partial charge >= 0.3 is 0 Å². The quantitative estimate of drug-likeness (QED) is 0.721. The van der Waals surface area contributed by atoms with E-state index in [0.29, 0.717) is 17.3 Å². The van der Waals surface area contributed by atoms with Gasteiger partial charge in [0.25, 0.3) is 0 Å². The number of aromatic nitrogens is 3. The second-order valence-electron chi connectivity index (χ2n) is 5.55. The van der Waals surface area contributed by atoms with Crippen molar-refractivity contribution >= 4 is 5.82 Å². The average molecular weight is 338 g/mol. The lowest BCUT2D eigenvalue weighted by atomic mass is 10.1. The fourth-order valence-corrected chi connectivity index (χ4v) is 2.44. The van der Waals surface area contributed by atoms with E-state index in [1.807, 2.05) is 31.2 Å². The van der Waals surface area contributed by atoms with Gasteiger partial charge < -0.3 is 10.4 Å². The van der Waals surface area contributed by atoms with Gasteiger partial charge in [0, 0.05) is 30.1 Å². The number of aryl methyl sites for hydroxylation is 1. The van der Waals surface area contributed by atoms with Gasteiger partial charge in [-0.25, -0.2) is 14.4 Å². The summed E-state index contributed by atoms with van der Waals surface area (Å²) in [6.07, 6.45) is 1.46. The summed E-state index contributed by atoms with van der Waals surface area (Å²) < 4.78 is 13.7. The first-order chi connectivity index (χ1) is 12.2. The molecule has 2 aromatic heterocycles. The van der Waals surface area contributed by atoms with Crippen LogP contribution in [-0.4, -0.2) is 26.6 Å². The Labute approximate surface area is 145 Å². The van der Waals surface area contributed by atoms with Crippen molar-refractivity contribution in [3.05, 3.63) is 71.8 Å². The summed E-state index contributed by atoms with van der Waals surface area (Å²) in [5.41, 5.74) is 1.79. The largest absolute Gasteiger partial charge is 0.386 e. The third-order valence-electron chi connectivity index (χ3n) is 3.78. The van der Waals surface area contributed by atoms with E-state index in [2.05, 4.69) is 20.3 Å². The van der Waals surface area contributed by atoms with Gasteiger partial charge in [0.15, 0.2) is 5.82 Å². The lowest BCUT2D eigenvalue weighted by molar-refractivity contribution is 0.186. The van der Waals surface area contributed by atoms with Crippen molar-refractivity contribution in [2.75, 3.05) is 11.9 Å². The summed E-state index contributed by atoms with van der Waals surface area (Å²) in [6.45, 7) is 2.14. The van der Waals surface area contributed by atoms with Crippen LogP contribution < -0.4 is 5.32 Å². The van der Waals surface area contributed by atoms with E-state index in [1.165, 1.54) is 6.07 Å². The molecule has 3 aromatic rings. The van der Waals surface area contributed by atoms with Crippen molar-refractivity contribution < 1.29 is 9.50 Å². The predicted octanol–water partition coefficient (Wildman–Crippen LogP) is 3.39. The van der Waals surface area contributed by atoms with Crippen molar-refractivity contribution in [1.29, 1.82) is 0 Å². The summed E-state index contributed by atoms with van der Waals surface area (Å²) in [5.74, 6) is 0.661.